The van der Waals surface area contributed by atoms with Gasteiger partial charge in [0, 0.05) is 6.61 Å². The van der Waals surface area contributed by atoms with Crippen LogP contribution >= 0.6 is 0 Å². The first-order valence-electron chi connectivity index (χ1n) is 1.02. The van der Waals surface area contributed by atoms with Crippen LogP contribution in [-0.4, -0.2) is 37.6 Å². The summed E-state index contributed by atoms with van der Waals surface area (Å²) in [6, 6.07) is 0. The molecule has 0 bridgehead atoms. The van der Waals surface area contributed by atoms with E-state index < -0.39 is 0 Å². The topological polar surface area (TPSA) is 20.2 Å². The van der Waals surface area contributed by atoms with E-state index in [9.17, 15) is 0 Å². The third-order valence-corrected chi connectivity index (χ3v) is 0. The van der Waals surface area contributed by atoms with Crippen LogP contribution in [-0.2, 0) is 0 Å². The number of rotatable bonds is 0. The summed E-state index contributed by atoms with van der Waals surface area (Å²) in [6.07, 6.45) is 0. The Kier molecular flexibility index (Phi) is 20.3. The van der Waals surface area contributed by atoms with Gasteiger partial charge >= 0.3 is 25.8 Å². The molecule has 0 aliphatic rings. The molecule has 26 valence electrons. The minimum atomic E-state index is 0. The molecule has 0 aliphatic heterocycles. The van der Waals surface area contributed by atoms with Crippen LogP contribution in [0.25, 0.3) is 0 Å². The van der Waals surface area contributed by atoms with Crippen molar-refractivity contribution >= 4 is 25.8 Å². The zero-order valence-electron chi connectivity index (χ0n) is 2.15. The molecule has 0 unspecified atom stereocenters. The first-order chi connectivity index (χ1) is 1.41. The van der Waals surface area contributed by atoms with E-state index >= 15 is 0 Å². The van der Waals surface area contributed by atoms with Crippen molar-refractivity contribution in [2.24, 2.45) is 0 Å². The molecule has 1 nitrogen and oxygen atoms in total. The second-order valence-corrected chi connectivity index (χ2v) is 0.316. The van der Waals surface area contributed by atoms with Crippen LogP contribution in [0.15, 0.2) is 0 Å². The summed E-state index contributed by atoms with van der Waals surface area (Å²) < 4.78 is 0. The summed E-state index contributed by atoms with van der Waals surface area (Å²) in [4.78, 5) is 0. The third-order valence-electron chi connectivity index (χ3n) is 0. The van der Waals surface area contributed by atoms with Crippen molar-refractivity contribution in [1.29, 1.82) is 0 Å². The SMILES string of the molecule is CCO.[InH3]. The third kappa shape index (κ3) is 13.8. The number of hydrogen-bond acceptors (Lipinski definition) is 1. The van der Waals surface area contributed by atoms with Crippen molar-refractivity contribution in [3.05, 3.63) is 0 Å². The summed E-state index contributed by atoms with van der Waals surface area (Å²) in [5, 5.41) is 7.57. The van der Waals surface area contributed by atoms with E-state index in [1.807, 2.05) is 0 Å². The Morgan fingerprint density at radius 3 is 1.75 bits per heavy atom. The maximum absolute atomic E-state index is 7.57. The van der Waals surface area contributed by atoms with E-state index in [0.717, 1.165) is 0 Å². The van der Waals surface area contributed by atoms with Crippen LogP contribution in [0.2, 0.25) is 0 Å². The van der Waals surface area contributed by atoms with Crippen LogP contribution in [0.4, 0.5) is 0 Å². The van der Waals surface area contributed by atoms with E-state index in [0.29, 0.717) is 0 Å². The first-order valence-corrected chi connectivity index (χ1v) is 1.02. The molecule has 0 fully saturated rings. The zero-order valence-corrected chi connectivity index (χ0v) is 2.15. The predicted molar refractivity (Wildman–Crippen MR) is 22.7 cm³/mol. The van der Waals surface area contributed by atoms with Gasteiger partial charge in [-0.2, -0.15) is 0 Å². The quantitative estimate of drug-likeness (QED) is 0.477. The van der Waals surface area contributed by atoms with Crippen molar-refractivity contribution in [3.63, 3.8) is 0 Å². The summed E-state index contributed by atoms with van der Waals surface area (Å²) in [5.41, 5.74) is 0. The van der Waals surface area contributed by atoms with Gasteiger partial charge in [-0.25, -0.2) is 0 Å². The Bertz CT molecular complexity index is 6.00. The van der Waals surface area contributed by atoms with Gasteiger partial charge in [-0.3, -0.25) is 0 Å². The molecule has 4 heavy (non-hydrogen) atoms. The number of aliphatic hydroxyl groups excluding tert-OH is 1. The Morgan fingerprint density at radius 1 is 1.75 bits per heavy atom. The van der Waals surface area contributed by atoms with Gasteiger partial charge in [-0.1, -0.05) is 0 Å². The van der Waals surface area contributed by atoms with E-state index in [1.165, 1.54) is 0 Å². The van der Waals surface area contributed by atoms with E-state index in [1.54, 1.807) is 6.92 Å². The number of hydrogen-bond donors (Lipinski definition) is 1. The summed E-state index contributed by atoms with van der Waals surface area (Å²) in [7, 11) is 0. The normalized spacial score (nSPS) is 4.50. The molecular weight excluding hydrogens is 155 g/mol. The van der Waals surface area contributed by atoms with Crippen LogP contribution in [0.3, 0.4) is 0 Å². The van der Waals surface area contributed by atoms with Crippen molar-refractivity contribution in [3.8, 4) is 0 Å². The Hall–Kier alpha value is 0.830. The van der Waals surface area contributed by atoms with Crippen molar-refractivity contribution in [2.75, 3.05) is 6.61 Å². The maximum atomic E-state index is 7.57. The first kappa shape index (κ1) is 8.85. The van der Waals surface area contributed by atoms with Gasteiger partial charge in [0.1, 0.15) is 0 Å². The average molecular weight is 164 g/mol. The molecule has 0 aromatic rings. The molecule has 0 rings (SSSR count). The summed E-state index contributed by atoms with van der Waals surface area (Å²) in [5.74, 6) is 0. The molecule has 0 saturated heterocycles. The molecule has 0 atom stereocenters. The van der Waals surface area contributed by atoms with Gasteiger partial charge in [0.2, 0.25) is 0 Å². The van der Waals surface area contributed by atoms with Gasteiger partial charge in [-0.15, -0.1) is 0 Å². The molecule has 0 aromatic heterocycles. The van der Waals surface area contributed by atoms with Gasteiger partial charge in [0.25, 0.3) is 0 Å². The van der Waals surface area contributed by atoms with Crippen LogP contribution in [0.1, 0.15) is 6.92 Å². The van der Waals surface area contributed by atoms with Crippen LogP contribution in [0, 0.1) is 0 Å². The van der Waals surface area contributed by atoms with Crippen molar-refractivity contribution in [1.82, 2.24) is 0 Å². The minimum absolute atomic E-state index is 0. The fourth-order valence-electron chi connectivity index (χ4n) is 0. The monoisotopic (exact) mass is 164 g/mol. The van der Waals surface area contributed by atoms with Crippen LogP contribution < -0.4 is 0 Å². The number of aliphatic hydroxyl groups is 1. The molecule has 0 amide bonds. The molecule has 0 saturated carbocycles. The zero-order chi connectivity index (χ0) is 2.71. The summed E-state index contributed by atoms with van der Waals surface area (Å²) >= 11 is 0. The van der Waals surface area contributed by atoms with E-state index in [4.69, 9.17) is 5.11 Å². The second-order valence-electron chi connectivity index (χ2n) is 0.316. The molecule has 0 radical (unpaired) electrons. The molecule has 0 heterocycles. The Morgan fingerprint density at radius 2 is 1.75 bits per heavy atom. The van der Waals surface area contributed by atoms with Gasteiger partial charge < -0.3 is 5.11 Å². The molecule has 0 aromatic carbocycles. The fraction of sp³-hybridized carbons (Fsp3) is 1.00. The molecule has 0 aliphatic carbocycles. The molecule has 2 heteroatoms. The van der Waals surface area contributed by atoms with Crippen molar-refractivity contribution < 1.29 is 5.11 Å². The fourth-order valence-corrected chi connectivity index (χ4v) is 0. The van der Waals surface area contributed by atoms with Crippen molar-refractivity contribution in [2.45, 2.75) is 6.92 Å². The van der Waals surface area contributed by atoms with Gasteiger partial charge in [0.05, 0.1) is 0 Å². The van der Waals surface area contributed by atoms with Crippen LogP contribution in [0.5, 0.6) is 0 Å². The Labute approximate surface area is 44.8 Å². The van der Waals surface area contributed by atoms with E-state index in [-0.39, 0.29) is 32.5 Å². The van der Waals surface area contributed by atoms with E-state index in [2.05, 4.69) is 0 Å². The van der Waals surface area contributed by atoms with Gasteiger partial charge in [-0.05, 0) is 6.92 Å². The molecular formula is C2H9InO. The molecule has 1 N–H and O–H groups in total. The summed E-state index contributed by atoms with van der Waals surface area (Å²) in [6.45, 7) is 1.93. The average Bonchev–Trinajstić information content (AvgIpc) is 0.918. The Balaban J connectivity index is 0. The molecule has 0 spiro atoms. The predicted octanol–water partition coefficient (Wildman–Crippen LogP) is -1.19. The second kappa shape index (κ2) is 9.16. The standard InChI is InChI=1S/C2H6O.In.3H/c1-2-3;;;;/h3H,2H2,1H3;;;;. The van der Waals surface area contributed by atoms with Gasteiger partial charge in [0.15, 0.2) is 0 Å².